The van der Waals surface area contributed by atoms with Crippen LogP contribution in [0.2, 0.25) is 0 Å². The molecule has 0 saturated carbocycles. The van der Waals surface area contributed by atoms with Crippen LogP contribution in [0.1, 0.15) is 31.4 Å². The van der Waals surface area contributed by atoms with E-state index in [-0.39, 0.29) is 12.2 Å². The maximum absolute atomic E-state index is 12.3. The summed E-state index contributed by atoms with van der Waals surface area (Å²) in [6.45, 7) is 6.62. The first-order valence-electron chi connectivity index (χ1n) is 5.55. The van der Waals surface area contributed by atoms with E-state index in [4.69, 9.17) is 0 Å². The fraction of sp³-hybridized carbons (Fsp3) is 0.462. The fourth-order valence-corrected chi connectivity index (χ4v) is 3.50. The molecule has 0 aliphatic carbocycles. The van der Waals surface area contributed by atoms with E-state index in [1.54, 1.807) is 26.0 Å². The topological polar surface area (TPSA) is 51.2 Å². The number of benzene rings is 1. The lowest BCUT2D eigenvalue weighted by Crippen LogP contribution is -2.21. The highest BCUT2D eigenvalue weighted by atomic mass is 32.2. The molecule has 0 heterocycles. The molecule has 3 nitrogen and oxygen atoms in total. The van der Waals surface area contributed by atoms with E-state index in [1.807, 2.05) is 13.0 Å². The van der Waals surface area contributed by atoms with Crippen molar-refractivity contribution in [2.75, 3.05) is 0 Å². The average molecular weight is 254 g/mol. The molecule has 0 radical (unpaired) electrons. The van der Waals surface area contributed by atoms with Crippen LogP contribution in [-0.2, 0) is 14.6 Å². The van der Waals surface area contributed by atoms with Gasteiger partial charge in [-0.1, -0.05) is 12.1 Å². The molecule has 1 rings (SSSR count). The van der Waals surface area contributed by atoms with Crippen LogP contribution in [0.5, 0.6) is 0 Å². The number of ketones is 1. The van der Waals surface area contributed by atoms with Crippen molar-refractivity contribution in [3.8, 4) is 0 Å². The van der Waals surface area contributed by atoms with Crippen LogP contribution in [0.4, 0.5) is 0 Å². The van der Waals surface area contributed by atoms with Gasteiger partial charge >= 0.3 is 0 Å². The number of aryl methyl sites for hydroxylation is 2. The van der Waals surface area contributed by atoms with Crippen molar-refractivity contribution >= 4 is 15.6 Å². The lowest BCUT2D eigenvalue weighted by Gasteiger charge is -2.14. The summed E-state index contributed by atoms with van der Waals surface area (Å²) in [7, 11) is -3.41. The first-order valence-corrected chi connectivity index (χ1v) is 7.10. The summed E-state index contributed by atoms with van der Waals surface area (Å²) in [4.78, 5) is 11.4. The second kappa shape index (κ2) is 5.00. The van der Waals surface area contributed by atoms with Gasteiger partial charge in [-0.25, -0.2) is 8.42 Å². The minimum atomic E-state index is -3.41. The van der Waals surface area contributed by atoms with E-state index in [2.05, 4.69) is 0 Å². The van der Waals surface area contributed by atoms with Gasteiger partial charge in [-0.2, -0.15) is 0 Å². The molecule has 1 aromatic rings. The molecule has 17 heavy (non-hydrogen) atoms. The van der Waals surface area contributed by atoms with E-state index >= 15 is 0 Å². The van der Waals surface area contributed by atoms with Gasteiger partial charge in [0, 0.05) is 6.42 Å². The molecule has 1 atom stereocenters. The Hall–Kier alpha value is -1.16. The largest absolute Gasteiger partial charge is 0.300 e. The van der Waals surface area contributed by atoms with Crippen LogP contribution in [-0.4, -0.2) is 19.5 Å². The minimum Gasteiger partial charge on any atom is -0.300 e. The normalized spacial score (nSPS) is 13.4. The molecule has 0 fully saturated rings. The third-order valence-corrected chi connectivity index (χ3v) is 5.03. The lowest BCUT2D eigenvalue weighted by molar-refractivity contribution is -0.116. The van der Waals surface area contributed by atoms with Crippen LogP contribution in [0.3, 0.4) is 0 Å². The number of carbonyl (C=O) groups excluding carboxylic acids is 1. The van der Waals surface area contributed by atoms with Gasteiger partial charge in [-0.15, -0.1) is 0 Å². The Bertz CT molecular complexity index is 530. The van der Waals surface area contributed by atoms with Gasteiger partial charge in [-0.3, -0.25) is 4.79 Å². The molecule has 0 saturated heterocycles. The highest BCUT2D eigenvalue weighted by molar-refractivity contribution is 7.92. The molecule has 94 valence electrons. The monoisotopic (exact) mass is 254 g/mol. The average Bonchev–Trinajstić information content (AvgIpc) is 2.20. The van der Waals surface area contributed by atoms with Gasteiger partial charge in [0.15, 0.2) is 9.84 Å². The number of carbonyl (C=O) groups is 1. The smallest absolute Gasteiger partial charge is 0.181 e. The van der Waals surface area contributed by atoms with Crippen molar-refractivity contribution in [3.05, 3.63) is 29.3 Å². The van der Waals surface area contributed by atoms with Crippen molar-refractivity contribution < 1.29 is 13.2 Å². The zero-order valence-corrected chi connectivity index (χ0v) is 11.5. The van der Waals surface area contributed by atoms with Crippen LogP contribution in [0.15, 0.2) is 23.1 Å². The Kier molecular flexibility index (Phi) is 4.09. The highest BCUT2D eigenvalue weighted by Gasteiger charge is 2.25. The van der Waals surface area contributed by atoms with Gasteiger partial charge in [0.2, 0.25) is 0 Å². The summed E-state index contributed by atoms with van der Waals surface area (Å²) < 4.78 is 24.6. The Balaban J connectivity index is 3.21. The van der Waals surface area contributed by atoms with E-state index in [0.717, 1.165) is 11.1 Å². The van der Waals surface area contributed by atoms with Crippen LogP contribution in [0, 0.1) is 13.8 Å². The number of Topliss-reactive ketones (excluding diaryl/α,β-unsaturated/α-hetero) is 1. The number of rotatable bonds is 4. The predicted molar refractivity (Wildman–Crippen MR) is 67.9 cm³/mol. The Labute approximate surface area is 103 Å². The summed E-state index contributed by atoms with van der Waals surface area (Å²) in [5.74, 6) is -0.105. The first kappa shape index (κ1) is 13.9. The van der Waals surface area contributed by atoms with E-state index in [0.29, 0.717) is 4.90 Å². The van der Waals surface area contributed by atoms with Crippen LogP contribution >= 0.6 is 0 Å². The second-order valence-electron chi connectivity index (χ2n) is 4.53. The highest BCUT2D eigenvalue weighted by Crippen LogP contribution is 2.23. The maximum atomic E-state index is 12.3. The number of hydrogen-bond acceptors (Lipinski definition) is 3. The standard InChI is InChI=1S/C13H18O3S/c1-9-5-6-10(2)13(7-9)17(15,16)12(4)8-11(3)14/h5-7,12H,8H2,1-4H3. The van der Waals surface area contributed by atoms with Gasteiger partial charge in [0.1, 0.15) is 5.78 Å². The van der Waals surface area contributed by atoms with Crippen molar-refractivity contribution in [1.29, 1.82) is 0 Å². The zero-order valence-electron chi connectivity index (χ0n) is 10.6. The van der Waals surface area contributed by atoms with Crippen LogP contribution in [0.25, 0.3) is 0 Å². The van der Waals surface area contributed by atoms with E-state index < -0.39 is 15.1 Å². The summed E-state index contributed by atoms with van der Waals surface area (Å²) in [6, 6.07) is 5.34. The van der Waals surface area contributed by atoms with Gasteiger partial charge in [0.25, 0.3) is 0 Å². The van der Waals surface area contributed by atoms with Gasteiger partial charge in [0.05, 0.1) is 10.1 Å². The van der Waals surface area contributed by atoms with Crippen molar-refractivity contribution in [2.45, 2.75) is 44.3 Å². The van der Waals surface area contributed by atoms with Crippen molar-refractivity contribution in [1.82, 2.24) is 0 Å². The fourth-order valence-electron chi connectivity index (χ4n) is 1.75. The van der Waals surface area contributed by atoms with Crippen molar-refractivity contribution in [2.24, 2.45) is 0 Å². The molecule has 0 amide bonds. The number of hydrogen-bond donors (Lipinski definition) is 0. The predicted octanol–water partition coefficient (Wildman–Crippen LogP) is 2.44. The SMILES string of the molecule is CC(=O)CC(C)S(=O)(=O)c1cc(C)ccc1C. The summed E-state index contributed by atoms with van der Waals surface area (Å²) in [5.41, 5.74) is 1.63. The summed E-state index contributed by atoms with van der Waals surface area (Å²) in [5, 5.41) is -0.666. The minimum absolute atomic E-state index is 0.0652. The molecular formula is C13H18O3S. The van der Waals surface area contributed by atoms with Crippen LogP contribution < -0.4 is 0 Å². The molecule has 0 aromatic heterocycles. The van der Waals surface area contributed by atoms with Gasteiger partial charge < -0.3 is 0 Å². The van der Waals surface area contributed by atoms with Gasteiger partial charge in [-0.05, 0) is 44.9 Å². The Morgan fingerprint density at radius 3 is 2.41 bits per heavy atom. The molecule has 0 aliphatic heterocycles. The van der Waals surface area contributed by atoms with Crippen molar-refractivity contribution in [3.63, 3.8) is 0 Å². The summed E-state index contributed by atoms with van der Waals surface area (Å²) in [6.07, 6.45) is 0.0652. The third-order valence-electron chi connectivity index (χ3n) is 2.75. The molecule has 4 heteroatoms. The number of sulfone groups is 1. The Morgan fingerprint density at radius 2 is 1.88 bits per heavy atom. The van der Waals surface area contributed by atoms with E-state index in [1.165, 1.54) is 6.92 Å². The molecule has 1 unspecified atom stereocenters. The van der Waals surface area contributed by atoms with E-state index in [9.17, 15) is 13.2 Å². The zero-order chi connectivity index (χ0) is 13.2. The molecular weight excluding hydrogens is 236 g/mol. The molecule has 0 spiro atoms. The molecule has 1 aromatic carbocycles. The molecule has 0 N–H and O–H groups in total. The molecule has 0 bridgehead atoms. The summed E-state index contributed by atoms with van der Waals surface area (Å²) >= 11 is 0. The Morgan fingerprint density at radius 1 is 1.29 bits per heavy atom. The second-order valence-corrected chi connectivity index (χ2v) is 6.87. The third kappa shape index (κ3) is 3.16. The lowest BCUT2D eigenvalue weighted by atomic mass is 10.2. The molecule has 0 aliphatic rings. The maximum Gasteiger partial charge on any atom is 0.181 e. The first-order chi connectivity index (χ1) is 7.75. The quantitative estimate of drug-likeness (QED) is 0.829.